The van der Waals surface area contributed by atoms with Gasteiger partial charge in [-0.15, -0.1) is 0 Å². The Bertz CT molecular complexity index is 6460. The second kappa shape index (κ2) is 46.2. The molecule has 0 unspecified atom stereocenters. The maximum atomic E-state index is 12.7. The number of aromatic nitrogens is 8. The minimum absolute atomic E-state index is 0.229. The number of carbonyl (C=O) groups excluding carboxylic acids is 4. The van der Waals surface area contributed by atoms with Crippen LogP contribution in [0.5, 0.6) is 17.2 Å². The van der Waals surface area contributed by atoms with Crippen LogP contribution in [-0.2, 0) is 37.4 Å². The minimum atomic E-state index is -2.53. The summed E-state index contributed by atoms with van der Waals surface area (Å²) in [6.07, 6.45) is 11.7. The maximum Gasteiger partial charge on any atom is 0.250 e. The molecule has 0 saturated heterocycles. The van der Waals surface area contributed by atoms with E-state index in [4.69, 9.17) is 60.6 Å². The predicted molar refractivity (Wildman–Crippen MR) is 536 cm³/mol. The van der Waals surface area contributed by atoms with Crippen LogP contribution in [0.25, 0.3) is 0 Å². The van der Waals surface area contributed by atoms with Gasteiger partial charge in [-0.05, 0) is 214 Å². The van der Waals surface area contributed by atoms with Gasteiger partial charge in [0.2, 0.25) is 41.5 Å². The van der Waals surface area contributed by atoms with Crippen LogP contribution in [-0.4, -0.2) is 138 Å². The highest BCUT2D eigenvalue weighted by atomic mass is 35.5. The van der Waals surface area contributed by atoms with E-state index in [1.165, 1.54) is 50.1 Å². The Hall–Kier alpha value is -13.2. The number of benzene rings is 8. The monoisotopic (exact) mass is 1910 g/mol. The number of anilines is 20. The fourth-order valence-electron chi connectivity index (χ4n) is 11.8. The summed E-state index contributed by atoms with van der Waals surface area (Å²) in [4.78, 5) is 82.2. The predicted octanol–water partition coefficient (Wildman–Crippen LogP) is 21.5. The van der Waals surface area contributed by atoms with Crippen molar-refractivity contribution in [3.63, 3.8) is 0 Å². The second-order valence-corrected chi connectivity index (χ2v) is 44.3. The van der Waals surface area contributed by atoms with Crippen LogP contribution in [0.4, 0.5) is 115 Å². The van der Waals surface area contributed by atoms with Crippen LogP contribution in [0, 0.1) is 0 Å². The van der Waals surface area contributed by atoms with E-state index < -0.39 is 28.6 Å². The number of halogens is 4. The molecule has 130 heavy (non-hydrogen) atoms. The number of nitrogens with zero attached hydrogens (tertiary/aromatic N) is 8. The molecule has 0 atom stereocenters. The van der Waals surface area contributed by atoms with Gasteiger partial charge in [0.15, 0.2) is 23.3 Å². The highest BCUT2D eigenvalue weighted by Gasteiger charge is 2.24. The van der Waals surface area contributed by atoms with E-state index in [9.17, 15) is 37.4 Å². The Balaban J connectivity index is 0.000000195. The lowest BCUT2D eigenvalue weighted by atomic mass is 10.2. The highest BCUT2D eigenvalue weighted by Crippen LogP contribution is 2.44. The molecule has 0 fully saturated rings. The van der Waals surface area contributed by atoms with Crippen molar-refractivity contribution in [3.05, 3.63) is 269 Å². The normalized spacial score (nSPS) is 11.0. The number of para-hydroxylation sites is 4. The molecule has 0 spiro atoms. The Morgan fingerprint density at radius 3 is 0.946 bits per heavy atom. The summed E-state index contributed by atoms with van der Waals surface area (Å²) in [5, 5.41) is 40.1. The topological polar surface area (TPSA) is 412 Å². The number of hydrogen-bond donors (Lipinski definition) is 12. The van der Waals surface area contributed by atoms with Crippen LogP contribution in [0.3, 0.4) is 0 Å². The molecule has 12 N–H and O–H groups in total. The lowest BCUT2D eigenvalue weighted by molar-refractivity contribution is -0.113. The number of ether oxygens (including phenoxy) is 3. The molecule has 31 nitrogen and oxygen atoms in total. The number of amides is 4. The first-order chi connectivity index (χ1) is 61.6. The summed E-state index contributed by atoms with van der Waals surface area (Å²) >= 11 is 25.3. The number of nitrogens with one attached hydrogen (secondary N) is 12. The van der Waals surface area contributed by atoms with E-state index in [1.54, 1.807) is 160 Å². The molecular weight excluding hydrogens is 1810 g/mol. The molecule has 0 radical (unpaired) electrons. The fourth-order valence-corrected chi connectivity index (χ4v) is 17.0. The van der Waals surface area contributed by atoms with Crippen LogP contribution < -0.4 is 99.2 Å². The largest absolute Gasteiger partial charge is 0.495 e. The van der Waals surface area contributed by atoms with Crippen LogP contribution in [0.2, 0.25) is 20.1 Å². The van der Waals surface area contributed by atoms with Crippen LogP contribution in [0.1, 0.15) is 27.7 Å². The minimum Gasteiger partial charge on any atom is -0.495 e. The zero-order valence-corrected chi connectivity index (χ0v) is 80.2. The average molecular weight is 1910 g/mol. The molecule has 39 heteroatoms. The standard InChI is InChI=1S/C24H27ClN5O3P.2C23H25ClN5O3P.C21H21ClN5O2P/c1-15(2)12-22(31)27-16-10-11-20(33-3)19(13-16)29-24-26-14-17(25)23(30-24)28-18-8-6-7-9-21(18)34(4,5)32;1-14(2)22(30)26-15-10-11-19(32-3)18(12-15)28-23-25-13-16(24)21(29-23)27-17-8-6-7-9-20(17)33(4,5)31;1-5-8-21(30)26-15-11-12-19(32-2)18(13-15)28-23-25-14-16(24)22(29-23)27-17-9-6-7-10-20(17)33(3,4)31;1-4-19(28)24-14-8-7-9-15(12-14)25-21-23-13-16(22)20(27-21)26-17-10-5-6-11-18(17)30(2,3)29/h6-14H,1-5H3,(H,27,31)(H2,26,28,29,30);6-13H,1H2,2-5H3,(H,26,30)(H2,25,27,28,29);5-14H,1-4H3,(H,26,30)(H2,25,27,28,29);4-13H,1H2,2-3H3,(H,24,28)(H2,23,25,26,27)/b;;8-5+;. The molecule has 0 aliphatic carbocycles. The van der Waals surface area contributed by atoms with E-state index in [2.05, 4.69) is 117 Å². The van der Waals surface area contributed by atoms with E-state index in [0.717, 1.165) is 5.57 Å². The molecule has 4 aromatic heterocycles. The van der Waals surface area contributed by atoms with E-state index in [0.29, 0.717) is 162 Å². The van der Waals surface area contributed by atoms with Crippen molar-refractivity contribution < 1.29 is 51.6 Å². The van der Waals surface area contributed by atoms with Gasteiger partial charge in [-0.1, -0.05) is 126 Å². The fraction of sp³-hybridized carbons (Fsp3) is 0.165. The number of hydrogen-bond acceptors (Lipinski definition) is 27. The van der Waals surface area contributed by atoms with Gasteiger partial charge >= 0.3 is 0 Å². The number of methoxy groups -OCH3 is 3. The first-order valence-electron chi connectivity index (χ1n) is 39.4. The first kappa shape index (κ1) is 101. The first-order valence-corrected chi connectivity index (χ1v) is 51.3. The van der Waals surface area contributed by atoms with Gasteiger partial charge in [-0.3, -0.25) is 19.2 Å². The lowest BCUT2D eigenvalue weighted by Gasteiger charge is -2.16. The molecule has 8 aromatic carbocycles. The van der Waals surface area contributed by atoms with Gasteiger partial charge in [0, 0.05) is 61.3 Å². The zero-order chi connectivity index (χ0) is 94.8. The van der Waals surface area contributed by atoms with Gasteiger partial charge in [-0.25, -0.2) is 19.9 Å². The van der Waals surface area contributed by atoms with Crippen molar-refractivity contribution in [1.82, 2.24) is 39.9 Å². The lowest BCUT2D eigenvalue weighted by Crippen LogP contribution is -2.12. The number of carbonyl (C=O) groups is 4. The van der Waals surface area contributed by atoms with E-state index >= 15 is 0 Å². The summed E-state index contributed by atoms with van der Waals surface area (Å²) in [7, 11) is -5.47. The van der Waals surface area contributed by atoms with Crippen molar-refractivity contribution in [1.29, 1.82) is 0 Å². The Morgan fingerprint density at radius 1 is 0.354 bits per heavy atom. The molecule has 0 saturated carbocycles. The molecule has 4 heterocycles. The SMILES string of the molecule is C/C=C/C(=O)Nc1ccc(OC)c(Nc2ncc(Cl)c(Nc3ccccc3P(C)(C)=O)n2)c1.C=C(C)C(=O)Nc1ccc(OC)c(Nc2ncc(Cl)c(Nc3ccccc3P(C)(C)=O)n2)c1.C=CC(=O)Nc1cccc(Nc2ncc(Cl)c(Nc3ccccc3P(C)(C)=O)n2)c1.COc1ccc(NC(=O)C=C(C)C)cc1Nc1ncc(Cl)c(Nc2ccccc2P(C)(C)=O)n1. The number of rotatable bonds is 31. The van der Waals surface area contributed by atoms with Gasteiger partial charge in [0.05, 0.1) is 85.9 Å². The van der Waals surface area contributed by atoms with Crippen molar-refractivity contribution >= 4 is 235 Å². The van der Waals surface area contributed by atoms with E-state index in [1.807, 2.05) is 117 Å². The van der Waals surface area contributed by atoms with Gasteiger partial charge in [0.1, 0.15) is 65.9 Å². The Labute approximate surface area is 774 Å². The summed E-state index contributed by atoms with van der Waals surface area (Å²) in [6.45, 7) is 27.8. The molecule has 676 valence electrons. The van der Waals surface area contributed by atoms with Gasteiger partial charge in [0.25, 0.3) is 5.91 Å². The summed E-state index contributed by atoms with van der Waals surface area (Å²) in [5.74, 6) is 3.04. The van der Waals surface area contributed by atoms with Crippen molar-refractivity contribution in [2.75, 3.05) is 138 Å². The molecule has 12 aromatic rings. The molecule has 0 aliphatic heterocycles. The maximum absolute atomic E-state index is 12.7. The zero-order valence-electron chi connectivity index (χ0n) is 73.6. The molecule has 0 bridgehead atoms. The van der Waals surface area contributed by atoms with Crippen molar-refractivity contribution in [2.24, 2.45) is 0 Å². The summed E-state index contributed by atoms with van der Waals surface area (Å²) in [5.41, 5.74) is 8.55. The quantitative estimate of drug-likeness (QED) is 0.0142. The van der Waals surface area contributed by atoms with Crippen molar-refractivity contribution in [2.45, 2.75) is 27.7 Å². The molecule has 0 aliphatic rings. The second-order valence-electron chi connectivity index (χ2n) is 30.0. The Kier molecular flexibility index (Phi) is 35.7. The average Bonchev–Trinajstić information content (AvgIpc) is 0.819. The summed E-state index contributed by atoms with van der Waals surface area (Å²) < 4.78 is 66.9. The van der Waals surface area contributed by atoms with Crippen molar-refractivity contribution in [3.8, 4) is 17.2 Å². The molecule has 4 amide bonds. The Morgan fingerprint density at radius 2 is 0.646 bits per heavy atom. The van der Waals surface area contributed by atoms with E-state index in [-0.39, 0.29) is 41.5 Å². The molecular formula is C91H98Cl4N20O11P4. The third-order valence-corrected chi connectivity index (χ3v) is 25.1. The smallest absolute Gasteiger partial charge is 0.250 e. The summed E-state index contributed by atoms with van der Waals surface area (Å²) in [6, 6.07) is 51.8. The number of allylic oxidation sites excluding steroid dienone is 2. The van der Waals surface area contributed by atoms with Crippen LogP contribution >= 0.6 is 75.0 Å². The highest BCUT2D eigenvalue weighted by molar-refractivity contribution is 7.71. The van der Waals surface area contributed by atoms with Gasteiger partial charge in [-0.2, -0.15) is 19.9 Å². The van der Waals surface area contributed by atoms with Crippen LogP contribution in [0.15, 0.2) is 249 Å². The third kappa shape index (κ3) is 29.9. The molecule has 12 rings (SSSR count). The van der Waals surface area contributed by atoms with Gasteiger partial charge < -0.3 is 96.3 Å². The third-order valence-electron chi connectivity index (χ3n) is 17.8.